The number of carbonyl (C=O) groups excluding carboxylic acids is 3. The molecule has 108 valence electrons. The molecule has 1 aromatic heterocycles. The fraction of sp³-hybridized carbons (Fsp3) is 0.364. The van der Waals surface area contributed by atoms with Gasteiger partial charge in [0.2, 0.25) is 5.91 Å². The average molecular weight is 316 g/mol. The molecular weight excluding hydrogens is 304 g/mol. The summed E-state index contributed by atoms with van der Waals surface area (Å²) in [7, 11) is -3.27. The number of sulfone groups is 1. The number of thiophene rings is 1. The summed E-state index contributed by atoms with van der Waals surface area (Å²) in [6.07, 6.45) is 1.04. The van der Waals surface area contributed by atoms with Crippen molar-refractivity contribution in [2.24, 2.45) is 0 Å². The molecule has 9 heteroatoms. The molecule has 2 rings (SSSR count). The van der Waals surface area contributed by atoms with Crippen LogP contribution in [0, 0.1) is 0 Å². The molecule has 7 nitrogen and oxygen atoms in total. The molecule has 0 aliphatic carbocycles. The van der Waals surface area contributed by atoms with E-state index in [4.69, 9.17) is 0 Å². The van der Waals surface area contributed by atoms with Crippen molar-refractivity contribution in [2.75, 3.05) is 23.9 Å². The molecule has 0 atom stereocenters. The first-order valence-corrected chi connectivity index (χ1v) is 8.57. The Bertz CT molecular complexity index is 704. The van der Waals surface area contributed by atoms with Crippen LogP contribution >= 0.6 is 11.3 Å². The second-order valence-corrected chi connectivity index (χ2v) is 7.57. The van der Waals surface area contributed by atoms with E-state index in [9.17, 15) is 22.8 Å². The number of rotatable bonds is 4. The zero-order chi connectivity index (χ0) is 15.1. The molecule has 0 aromatic carbocycles. The molecule has 0 unspecified atom stereocenters. The molecule has 0 spiro atoms. The Kier molecular flexibility index (Phi) is 3.65. The van der Waals surface area contributed by atoms with Gasteiger partial charge in [-0.3, -0.25) is 19.3 Å². The zero-order valence-electron chi connectivity index (χ0n) is 10.8. The SMILES string of the molecule is CC(=O)Nc1csc2c1C(=O)N(CCS(C)(=O)=O)C2=O. The van der Waals surface area contributed by atoms with Crippen molar-refractivity contribution in [3.8, 4) is 0 Å². The van der Waals surface area contributed by atoms with Gasteiger partial charge >= 0.3 is 0 Å². The van der Waals surface area contributed by atoms with Crippen molar-refractivity contribution in [1.29, 1.82) is 0 Å². The average Bonchev–Trinajstić information content (AvgIpc) is 2.78. The first-order chi connectivity index (χ1) is 9.20. The van der Waals surface area contributed by atoms with Gasteiger partial charge in [0.05, 0.1) is 17.0 Å². The molecule has 0 saturated heterocycles. The van der Waals surface area contributed by atoms with E-state index >= 15 is 0 Å². The van der Waals surface area contributed by atoms with Crippen LogP contribution in [0.3, 0.4) is 0 Å². The second-order valence-electron chi connectivity index (χ2n) is 4.43. The van der Waals surface area contributed by atoms with E-state index in [1.807, 2.05) is 0 Å². The highest BCUT2D eigenvalue weighted by molar-refractivity contribution is 7.90. The van der Waals surface area contributed by atoms with Crippen molar-refractivity contribution >= 4 is 44.6 Å². The summed E-state index contributed by atoms with van der Waals surface area (Å²) in [6.45, 7) is 1.12. The van der Waals surface area contributed by atoms with E-state index in [-0.39, 0.29) is 34.3 Å². The van der Waals surface area contributed by atoms with E-state index in [1.165, 1.54) is 12.3 Å². The van der Waals surface area contributed by atoms with Crippen LogP contribution in [0.1, 0.15) is 27.0 Å². The summed E-state index contributed by atoms with van der Waals surface area (Å²) < 4.78 is 22.2. The number of imide groups is 1. The smallest absolute Gasteiger partial charge is 0.271 e. The van der Waals surface area contributed by atoms with Crippen LogP contribution in [-0.4, -0.2) is 49.6 Å². The fourth-order valence-electron chi connectivity index (χ4n) is 1.82. The summed E-state index contributed by atoms with van der Waals surface area (Å²) in [5, 5.41) is 4.01. The van der Waals surface area contributed by atoms with Crippen molar-refractivity contribution in [1.82, 2.24) is 4.90 Å². The van der Waals surface area contributed by atoms with Gasteiger partial charge in [-0.1, -0.05) is 0 Å². The number of carbonyl (C=O) groups is 3. The predicted molar refractivity (Wildman–Crippen MR) is 73.7 cm³/mol. The molecule has 1 aliphatic heterocycles. The number of hydrogen-bond acceptors (Lipinski definition) is 6. The Hall–Kier alpha value is -1.74. The van der Waals surface area contributed by atoms with E-state index in [0.29, 0.717) is 0 Å². The number of nitrogens with zero attached hydrogens (tertiary/aromatic N) is 1. The molecule has 1 N–H and O–H groups in total. The lowest BCUT2D eigenvalue weighted by Crippen LogP contribution is -2.34. The van der Waals surface area contributed by atoms with E-state index < -0.39 is 21.7 Å². The Balaban J connectivity index is 2.27. The first-order valence-electron chi connectivity index (χ1n) is 5.63. The minimum atomic E-state index is -3.27. The normalized spacial score (nSPS) is 14.6. The maximum Gasteiger partial charge on any atom is 0.271 e. The molecule has 0 fully saturated rings. The molecule has 0 radical (unpaired) electrons. The van der Waals surface area contributed by atoms with Gasteiger partial charge in [-0.05, 0) is 0 Å². The van der Waals surface area contributed by atoms with Crippen LogP contribution in [0.4, 0.5) is 5.69 Å². The largest absolute Gasteiger partial charge is 0.325 e. The van der Waals surface area contributed by atoms with Crippen molar-refractivity contribution < 1.29 is 22.8 Å². The van der Waals surface area contributed by atoms with Crippen molar-refractivity contribution in [3.05, 3.63) is 15.8 Å². The summed E-state index contributed by atoms with van der Waals surface area (Å²) >= 11 is 1.05. The zero-order valence-corrected chi connectivity index (χ0v) is 12.4. The first kappa shape index (κ1) is 14.7. The third-order valence-electron chi connectivity index (χ3n) is 2.69. The predicted octanol–water partition coefficient (Wildman–Crippen LogP) is 0.347. The maximum atomic E-state index is 12.2. The molecule has 0 bridgehead atoms. The van der Waals surface area contributed by atoms with Crippen molar-refractivity contribution in [2.45, 2.75) is 6.92 Å². The van der Waals surface area contributed by atoms with Crippen LogP contribution in [-0.2, 0) is 14.6 Å². The second kappa shape index (κ2) is 4.98. The number of amides is 3. The van der Waals surface area contributed by atoms with Gasteiger partial charge in [-0.25, -0.2) is 8.42 Å². The monoisotopic (exact) mass is 316 g/mol. The number of nitrogens with one attached hydrogen (secondary N) is 1. The summed E-state index contributed by atoms with van der Waals surface area (Å²) in [5.74, 6) is -1.72. The minimum Gasteiger partial charge on any atom is -0.325 e. The molecule has 2 heterocycles. The van der Waals surface area contributed by atoms with Gasteiger partial charge < -0.3 is 5.32 Å². The maximum absolute atomic E-state index is 12.2. The van der Waals surface area contributed by atoms with Crippen LogP contribution in [0.2, 0.25) is 0 Å². The topological polar surface area (TPSA) is 101 Å². The molecule has 20 heavy (non-hydrogen) atoms. The number of fused-ring (bicyclic) bond motifs is 1. The third kappa shape index (κ3) is 2.73. The molecule has 0 saturated carbocycles. The van der Waals surface area contributed by atoms with E-state index in [0.717, 1.165) is 22.5 Å². The van der Waals surface area contributed by atoms with E-state index in [1.54, 1.807) is 0 Å². The Morgan fingerprint density at radius 3 is 2.55 bits per heavy atom. The van der Waals surface area contributed by atoms with Crippen LogP contribution < -0.4 is 5.32 Å². The van der Waals surface area contributed by atoms with Gasteiger partial charge in [0.1, 0.15) is 14.7 Å². The molecular formula is C11H12N2O5S2. The summed E-state index contributed by atoms with van der Waals surface area (Å²) in [4.78, 5) is 36.4. The lowest BCUT2D eigenvalue weighted by atomic mass is 10.2. The highest BCUT2D eigenvalue weighted by Gasteiger charge is 2.39. The van der Waals surface area contributed by atoms with Gasteiger partial charge in [0.25, 0.3) is 11.8 Å². The summed E-state index contributed by atoms with van der Waals surface area (Å²) in [6, 6.07) is 0. The van der Waals surface area contributed by atoms with Gasteiger partial charge in [0, 0.05) is 25.1 Å². The Labute approximate surface area is 119 Å². The van der Waals surface area contributed by atoms with Gasteiger partial charge in [0.15, 0.2) is 0 Å². The van der Waals surface area contributed by atoms with Crippen LogP contribution in [0.15, 0.2) is 5.38 Å². The number of anilines is 1. The van der Waals surface area contributed by atoms with Crippen molar-refractivity contribution in [3.63, 3.8) is 0 Å². The number of hydrogen-bond donors (Lipinski definition) is 1. The highest BCUT2D eigenvalue weighted by Crippen LogP contribution is 2.34. The van der Waals surface area contributed by atoms with E-state index in [2.05, 4.69) is 5.32 Å². The Morgan fingerprint density at radius 2 is 2.00 bits per heavy atom. The van der Waals surface area contributed by atoms with Crippen LogP contribution in [0.25, 0.3) is 0 Å². The lowest BCUT2D eigenvalue weighted by molar-refractivity contribution is -0.114. The standard InChI is InChI=1S/C11H12N2O5S2/c1-6(14)12-7-5-19-9-8(7)10(15)13(11(9)16)3-4-20(2,17)18/h5H,3-4H2,1-2H3,(H,12,14). The van der Waals surface area contributed by atoms with Gasteiger partial charge in [-0.2, -0.15) is 0 Å². The van der Waals surface area contributed by atoms with Crippen LogP contribution in [0.5, 0.6) is 0 Å². The fourth-order valence-corrected chi connectivity index (χ4v) is 3.27. The molecule has 3 amide bonds. The molecule has 1 aliphatic rings. The minimum absolute atomic E-state index is 0.142. The molecule has 1 aromatic rings. The highest BCUT2D eigenvalue weighted by atomic mass is 32.2. The third-order valence-corrected chi connectivity index (χ3v) is 4.58. The Morgan fingerprint density at radius 1 is 1.35 bits per heavy atom. The quantitative estimate of drug-likeness (QED) is 0.808. The lowest BCUT2D eigenvalue weighted by Gasteiger charge is -2.13. The summed E-state index contributed by atoms with van der Waals surface area (Å²) in [5.41, 5.74) is 0.432. The van der Waals surface area contributed by atoms with Gasteiger partial charge in [-0.15, -0.1) is 11.3 Å².